The Labute approximate surface area is 97.3 Å². The average Bonchev–Trinajstić information content (AvgIpc) is 2.26. The Balaban J connectivity index is 2.79. The molecule has 0 fully saturated rings. The molecule has 17 heavy (non-hydrogen) atoms. The van der Waals surface area contributed by atoms with Crippen molar-refractivity contribution in [3.63, 3.8) is 0 Å². The summed E-state index contributed by atoms with van der Waals surface area (Å²) >= 11 is 0. The van der Waals surface area contributed by atoms with Crippen LogP contribution in [0.25, 0.3) is 10.9 Å². The van der Waals surface area contributed by atoms with Crippen LogP contribution in [0.5, 0.6) is 0 Å². The lowest BCUT2D eigenvalue weighted by molar-refractivity contribution is -0.136. The Kier molecular flexibility index (Phi) is 2.81. The third kappa shape index (κ3) is 2.25. The van der Waals surface area contributed by atoms with Crippen LogP contribution in [0.2, 0.25) is 0 Å². The molecule has 2 aromatic rings. The number of alkyl halides is 3. The summed E-state index contributed by atoms with van der Waals surface area (Å²) in [4.78, 5) is 3.83. The molecule has 0 spiro atoms. The highest BCUT2D eigenvalue weighted by molar-refractivity contribution is 5.83. The van der Waals surface area contributed by atoms with Crippen LogP contribution < -0.4 is 0 Å². The second kappa shape index (κ2) is 4.02. The van der Waals surface area contributed by atoms with Crippen LogP contribution in [-0.2, 0) is 6.18 Å². The molecule has 1 aromatic carbocycles. The van der Waals surface area contributed by atoms with Crippen LogP contribution in [-0.4, -0.2) is 4.98 Å². The molecule has 0 atom stereocenters. The number of benzene rings is 1. The van der Waals surface area contributed by atoms with E-state index >= 15 is 0 Å². The monoisotopic (exact) mass is 239 g/mol. The lowest BCUT2D eigenvalue weighted by atomic mass is 9.97. The molecular formula is C13H12F3N. The third-order valence-corrected chi connectivity index (χ3v) is 2.70. The highest BCUT2D eigenvalue weighted by atomic mass is 19.4. The molecule has 0 saturated heterocycles. The van der Waals surface area contributed by atoms with Crippen LogP contribution in [0.1, 0.15) is 30.9 Å². The van der Waals surface area contributed by atoms with Gasteiger partial charge in [-0.2, -0.15) is 13.2 Å². The van der Waals surface area contributed by atoms with Gasteiger partial charge in [0.1, 0.15) is 0 Å². The summed E-state index contributed by atoms with van der Waals surface area (Å²) in [6.07, 6.45) is -2.98. The van der Waals surface area contributed by atoms with Crippen LogP contribution in [0.4, 0.5) is 13.2 Å². The summed E-state index contributed by atoms with van der Waals surface area (Å²) in [5.74, 6) is 0.0562. The number of halogens is 3. The number of fused-ring (bicyclic) bond motifs is 1. The first-order chi connectivity index (χ1) is 7.89. The molecule has 90 valence electrons. The molecule has 0 unspecified atom stereocenters. The molecular weight excluding hydrogens is 227 g/mol. The van der Waals surface area contributed by atoms with Gasteiger partial charge >= 0.3 is 6.18 Å². The standard InChI is InChI=1S/C13H12F3N/c1-8(2)10-6-9-4-3-5-17-12(9)11(7-10)13(14,15)16/h3-8H,1-2H3. The van der Waals surface area contributed by atoms with Crippen molar-refractivity contribution in [2.75, 3.05) is 0 Å². The van der Waals surface area contributed by atoms with Gasteiger partial charge in [-0.1, -0.05) is 19.9 Å². The van der Waals surface area contributed by atoms with Gasteiger partial charge in [0.05, 0.1) is 11.1 Å². The van der Waals surface area contributed by atoms with Crippen molar-refractivity contribution in [3.8, 4) is 0 Å². The molecule has 0 N–H and O–H groups in total. The van der Waals surface area contributed by atoms with Crippen LogP contribution in [0.15, 0.2) is 30.5 Å². The number of hydrogen-bond donors (Lipinski definition) is 0. The van der Waals surface area contributed by atoms with Gasteiger partial charge in [0, 0.05) is 11.6 Å². The Morgan fingerprint density at radius 1 is 1.18 bits per heavy atom. The van der Waals surface area contributed by atoms with Gasteiger partial charge in [0.2, 0.25) is 0 Å². The number of rotatable bonds is 1. The fourth-order valence-electron chi connectivity index (χ4n) is 1.76. The van der Waals surface area contributed by atoms with Crippen molar-refractivity contribution in [2.24, 2.45) is 0 Å². The van der Waals surface area contributed by atoms with Crippen molar-refractivity contribution < 1.29 is 13.2 Å². The van der Waals surface area contributed by atoms with E-state index in [1.54, 1.807) is 18.2 Å². The van der Waals surface area contributed by atoms with E-state index in [1.165, 1.54) is 12.3 Å². The van der Waals surface area contributed by atoms with Gasteiger partial charge in [-0.3, -0.25) is 4.98 Å². The van der Waals surface area contributed by atoms with Crippen molar-refractivity contribution in [2.45, 2.75) is 25.9 Å². The normalized spacial score (nSPS) is 12.4. The second-order valence-corrected chi connectivity index (χ2v) is 4.30. The van der Waals surface area contributed by atoms with Gasteiger partial charge in [-0.05, 0) is 29.7 Å². The van der Waals surface area contributed by atoms with Crippen LogP contribution in [0, 0.1) is 0 Å². The molecule has 0 aliphatic carbocycles. The lowest BCUT2D eigenvalue weighted by Crippen LogP contribution is -2.08. The minimum absolute atomic E-state index is 0.0180. The second-order valence-electron chi connectivity index (χ2n) is 4.30. The number of aromatic nitrogens is 1. The van der Waals surface area contributed by atoms with E-state index in [9.17, 15) is 13.2 Å². The predicted molar refractivity (Wildman–Crippen MR) is 60.8 cm³/mol. The molecule has 0 radical (unpaired) electrons. The summed E-state index contributed by atoms with van der Waals surface area (Å²) in [5.41, 5.74) is 0.0431. The first-order valence-corrected chi connectivity index (χ1v) is 5.35. The zero-order chi connectivity index (χ0) is 12.6. The Hall–Kier alpha value is -1.58. The largest absolute Gasteiger partial charge is 0.418 e. The Morgan fingerprint density at radius 3 is 2.47 bits per heavy atom. The van der Waals surface area contributed by atoms with Gasteiger partial charge in [0.25, 0.3) is 0 Å². The van der Waals surface area contributed by atoms with Crippen molar-refractivity contribution in [1.29, 1.82) is 0 Å². The third-order valence-electron chi connectivity index (χ3n) is 2.70. The Morgan fingerprint density at radius 2 is 1.88 bits per heavy atom. The fourth-order valence-corrected chi connectivity index (χ4v) is 1.76. The predicted octanol–water partition coefficient (Wildman–Crippen LogP) is 4.38. The number of nitrogens with zero attached hydrogens (tertiary/aromatic N) is 1. The van der Waals surface area contributed by atoms with E-state index in [4.69, 9.17) is 0 Å². The molecule has 0 aliphatic rings. The molecule has 2 rings (SSSR count). The highest BCUT2D eigenvalue weighted by Gasteiger charge is 2.33. The molecule has 1 nitrogen and oxygen atoms in total. The topological polar surface area (TPSA) is 12.9 Å². The lowest BCUT2D eigenvalue weighted by Gasteiger charge is -2.13. The first-order valence-electron chi connectivity index (χ1n) is 5.35. The van der Waals surface area contributed by atoms with Crippen LogP contribution in [0.3, 0.4) is 0 Å². The zero-order valence-corrected chi connectivity index (χ0v) is 9.55. The minimum atomic E-state index is -4.36. The molecule has 1 aromatic heterocycles. The van der Waals surface area contributed by atoms with Crippen molar-refractivity contribution in [1.82, 2.24) is 4.98 Å². The molecule has 1 heterocycles. The maximum absolute atomic E-state index is 12.9. The summed E-state index contributed by atoms with van der Waals surface area (Å²) < 4.78 is 38.8. The molecule has 0 saturated carbocycles. The number of pyridine rings is 1. The van der Waals surface area contributed by atoms with Crippen molar-refractivity contribution >= 4 is 10.9 Å². The van der Waals surface area contributed by atoms with E-state index in [2.05, 4.69) is 4.98 Å². The maximum Gasteiger partial charge on any atom is 0.418 e. The smallest absolute Gasteiger partial charge is 0.256 e. The van der Waals surface area contributed by atoms with E-state index in [0.29, 0.717) is 10.9 Å². The van der Waals surface area contributed by atoms with E-state index in [0.717, 1.165) is 0 Å². The van der Waals surface area contributed by atoms with Gasteiger partial charge in [-0.25, -0.2) is 0 Å². The summed E-state index contributed by atoms with van der Waals surface area (Å²) in [6.45, 7) is 3.75. The number of hydrogen-bond acceptors (Lipinski definition) is 1. The average molecular weight is 239 g/mol. The van der Waals surface area contributed by atoms with Gasteiger partial charge in [-0.15, -0.1) is 0 Å². The van der Waals surface area contributed by atoms with E-state index in [1.807, 2.05) is 13.8 Å². The fraction of sp³-hybridized carbons (Fsp3) is 0.308. The molecule has 0 bridgehead atoms. The zero-order valence-electron chi connectivity index (χ0n) is 9.55. The highest BCUT2D eigenvalue weighted by Crippen LogP contribution is 2.36. The Bertz CT molecular complexity index is 544. The first kappa shape index (κ1) is 11.9. The summed E-state index contributed by atoms with van der Waals surface area (Å²) in [6, 6.07) is 6.26. The minimum Gasteiger partial charge on any atom is -0.256 e. The van der Waals surface area contributed by atoms with E-state index < -0.39 is 11.7 Å². The van der Waals surface area contributed by atoms with Gasteiger partial charge in [0.15, 0.2) is 0 Å². The summed E-state index contributed by atoms with van der Waals surface area (Å²) in [5, 5.41) is 0.533. The van der Waals surface area contributed by atoms with Gasteiger partial charge < -0.3 is 0 Å². The van der Waals surface area contributed by atoms with Crippen LogP contribution >= 0.6 is 0 Å². The van der Waals surface area contributed by atoms with Crippen molar-refractivity contribution in [3.05, 3.63) is 41.6 Å². The quantitative estimate of drug-likeness (QED) is 0.719. The molecule has 0 amide bonds. The van der Waals surface area contributed by atoms with E-state index in [-0.39, 0.29) is 11.4 Å². The SMILES string of the molecule is CC(C)c1cc(C(F)(F)F)c2ncccc2c1. The molecule has 4 heteroatoms. The molecule has 0 aliphatic heterocycles. The maximum atomic E-state index is 12.9. The summed E-state index contributed by atoms with van der Waals surface area (Å²) in [7, 11) is 0.